The van der Waals surface area contributed by atoms with Crippen LogP contribution in [0.1, 0.15) is 95.2 Å². The zero-order chi connectivity index (χ0) is 18.0. The molecule has 136 valence electrons. The quantitative estimate of drug-likeness (QED) is 0.625. The van der Waals surface area contributed by atoms with Gasteiger partial charge >= 0.3 is 0 Å². The minimum absolute atomic E-state index is 0.653. The molecule has 0 heterocycles. The Morgan fingerprint density at radius 1 is 0.462 bits per heavy atom. The Morgan fingerprint density at radius 3 is 0.962 bits per heavy atom. The lowest BCUT2D eigenvalue weighted by molar-refractivity contribution is 0.706. The molecule has 0 N–H and O–H groups in total. The van der Waals surface area contributed by atoms with Crippen molar-refractivity contribution < 1.29 is 0 Å². The number of aryl methyl sites for hydroxylation is 4. The summed E-state index contributed by atoms with van der Waals surface area (Å²) in [6, 6.07) is 5.26. The van der Waals surface area contributed by atoms with Gasteiger partial charge in [0, 0.05) is 0 Å². The minimum Gasteiger partial charge on any atom is -0.0587 e. The smallest absolute Gasteiger partial charge is 0.0213 e. The van der Waals surface area contributed by atoms with E-state index >= 15 is 0 Å². The van der Waals surface area contributed by atoms with Crippen LogP contribution >= 0.6 is 0 Å². The highest BCUT2D eigenvalue weighted by atomic mass is 14.3. The molecule has 26 heavy (non-hydrogen) atoms. The molecule has 0 radical (unpaired) electrons. The van der Waals surface area contributed by atoms with Crippen molar-refractivity contribution in [2.75, 3.05) is 0 Å². The molecule has 2 aromatic rings. The van der Waals surface area contributed by atoms with Crippen molar-refractivity contribution in [3.05, 3.63) is 67.8 Å². The molecule has 0 aliphatic heterocycles. The number of hydrogen-bond acceptors (Lipinski definition) is 0. The van der Waals surface area contributed by atoms with E-state index in [0.717, 1.165) is 0 Å². The Labute approximate surface area is 159 Å². The van der Waals surface area contributed by atoms with Crippen molar-refractivity contribution in [3.8, 4) is 0 Å². The first-order valence-electron chi connectivity index (χ1n) is 10.9. The van der Waals surface area contributed by atoms with Crippen LogP contribution in [-0.2, 0) is 51.4 Å². The van der Waals surface area contributed by atoms with Gasteiger partial charge in [-0.15, -0.1) is 0 Å². The van der Waals surface area contributed by atoms with Gasteiger partial charge in [0.15, 0.2) is 0 Å². The van der Waals surface area contributed by atoms with Gasteiger partial charge in [-0.25, -0.2) is 0 Å². The SMILES string of the molecule is CC(C)c1c2c3cc4c1CCc1cc(c(c(C(C)C)c1CC4)CC3)CC2. The lowest BCUT2D eigenvalue weighted by Gasteiger charge is -2.33. The molecule has 0 saturated heterocycles. The Kier molecular flexibility index (Phi) is 3.82. The Bertz CT molecular complexity index is 759. The van der Waals surface area contributed by atoms with Crippen LogP contribution in [0.2, 0.25) is 0 Å². The molecule has 0 aromatic heterocycles. The minimum atomic E-state index is 0.653. The molecule has 0 amide bonds. The van der Waals surface area contributed by atoms with Crippen LogP contribution in [0.3, 0.4) is 0 Å². The molecule has 0 saturated carbocycles. The third kappa shape index (κ3) is 2.34. The first kappa shape index (κ1) is 16.6. The van der Waals surface area contributed by atoms with Crippen LogP contribution in [0.25, 0.3) is 0 Å². The predicted octanol–water partition coefficient (Wildman–Crippen LogP) is 6.01. The van der Waals surface area contributed by atoms with Gasteiger partial charge in [0.2, 0.25) is 0 Å². The third-order valence-electron chi connectivity index (χ3n) is 7.28. The molecular formula is C26H32. The largest absolute Gasteiger partial charge is 0.0587 e. The number of hydrogen-bond donors (Lipinski definition) is 0. The molecule has 0 bridgehead atoms. The summed E-state index contributed by atoms with van der Waals surface area (Å²) in [6.07, 6.45) is 9.97. The highest BCUT2D eigenvalue weighted by molar-refractivity contribution is 5.56. The van der Waals surface area contributed by atoms with E-state index in [2.05, 4.69) is 39.8 Å². The second kappa shape index (κ2) is 5.98. The first-order valence-corrected chi connectivity index (χ1v) is 10.9. The molecule has 0 fully saturated rings. The van der Waals surface area contributed by atoms with Gasteiger partial charge in [0.05, 0.1) is 0 Å². The van der Waals surface area contributed by atoms with Gasteiger partial charge < -0.3 is 0 Å². The maximum absolute atomic E-state index is 2.63. The molecule has 0 spiro atoms. The molecular weight excluding hydrogens is 312 g/mol. The van der Waals surface area contributed by atoms with E-state index in [-0.39, 0.29) is 0 Å². The van der Waals surface area contributed by atoms with Gasteiger partial charge in [-0.1, -0.05) is 39.8 Å². The van der Waals surface area contributed by atoms with Crippen LogP contribution in [0.4, 0.5) is 0 Å². The van der Waals surface area contributed by atoms with Crippen molar-refractivity contribution in [3.63, 3.8) is 0 Å². The highest BCUT2D eigenvalue weighted by Crippen LogP contribution is 2.41. The standard InChI is InChI=1S/C26H32/c1-15(2)25-21-9-5-19-14-20-6-10-22(25)18-8-12-24(20)26(16(3)4)23(19)11-7-17(21)13-18/h13-16H,5-12H2,1-4H3. The second-order valence-corrected chi connectivity index (χ2v) is 9.44. The average Bonchev–Trinajstić information content (AvgIpc) is 2.56. The summed E-state index contributed by atoms with van der Waals surface area (Å²) in [5.41, 5.74) is 17.1. The van der Waals surface area contributed by atoms with Crippen LogP contribution in [-0.4, -0.2) is 0 Å². The van der Waals surface area contributed by atoms with Crippen LogP contribution in [0.5, 0.6) is 0 Å². The Morgan fingerprint density at radius 2 is 0.731 bits per heavy atom. The van der Waals surface area contributed by atoms with E-state index in [1.54, 1.807) is 55.6 Å². The normalized spacial score (nSPS) is 17.5. The van der Waals surface area contributed by atoms with Gasteiger partial charge in [-0.2, -0.15) is 0 Å². The molecule has 0 unspecified atom stereocenters. The highest BCUT2D eigenvalue weighted by Gasteiger charge is 2.28. The maximum atomic E-state index is 2.63. The average molecular weight is 345 g/mol. The molecule has 0 nitrogen and oxygen atoms in total. The Hall–Kier alpha value is -1.56. The first-order chi connectivity index (χ1) is 12.5. The summed E-state index contributed by atoms with van der Waals surface area (Å²) in [5, 5.41) is 0. The topological polar surface area (TPSA) is 0 Å². The van der Waals surface area contributed by atoms with Crippen LogP contribution < -0.4 is 0 Å². The summed E-state index contributed by atoms with van der Waals surface area (Å²) in [5.74, 6) is 1.31. The number of rotatable bonds is 2. The van der Waals surface area contributed by atoms with E-state index in [1.165, 1.54) is 51.4 Å². The third-order valence-corrected chi connectivity index (χ3v) is 7.28. The van der Waals surface area contributed by atoms with Crippen molar-refractivity contribution in [2.24, 2.45) is 0 Å². The molecule has 0 atom stereocenters. The van der Waals surface area contributed by atoms with E-state index in [9.17, 15) is 0 Å². The molecule has 2 aromatic carbocycles. The van der Waals surface area contributed by atoms with Crippen LogP contribution in [0.15, 0.2) is 12.1 Å². The number of benzene rings is 2. The maximum Gasteiger partial charge on any atom is -0.0213 e. The zero-order valence-corrected chi connectivity index (χ0v) is 17.0. The fourth-order valence-corrected chi connectivity index (χ4v) is 6.33. The van der Waals surface area contributed by atoms with Crippen molar-refractivity contribution >= 4 is 0 Å². The van der Waals surface area contributed by atoms with E-state index in [4.69, 9.17) is 0 Å². The van der Waals surface area contributed by atoms with Gasteiger partial charge in [-0.05, 0) is 119 Å². The van der Waals surface area contributed by atoms with E-state index in [0.29, 0.717) is 11.8 Å². The van der Waals surface area contributed by atoms with Crippen molar-refractivity contribution in [1.29, 1.82) is 0 Å². The van der Waals surface area contributed by atoms with Gasteiger partial charge in [0.25, 0.3) is 0 Å². The van der Waals surface area contributed by atoms with Gasteiger partial charge in [0.1, 0.15) is 0 Å². The number of fused-ring (bicyclic) bond motifs is 4. The van der Waals surface area contributed by atoms with E-state index in [1.807, 2.05) is 0 Å². The molecule has 4 rings (SSSR count). The monoisotopic (exact) mass is 344 g/mol. The predicted molar refractivity (Wildman–Crippen MR) is 111 cm³/mol. The molecule has 0 heteroatoms. The summed E-state index contributed by atoms with van der Waals surface area (Å²) in [6.45, 7) is 9.69. The molecule has 2 aliphatic rings. The summed E-state index contributed by atoms with van der Waals surface area (Å²) < 4.78 is 0. The summed E-state index contributed by atoms with van der Waals surface area (Å²) in [4.78, 5) is 0. The zero-order valence-electron chi connectivity index (χ0n) is 17.0. The van der Waals surface area contributed by atoms with E-state index < -0.39 is 0 Å². The van der Waals surface area contributed by atoms with Crippen molar-refractivity contribution in [1.82, 2.24) is 0 Å². The lowest BCUT2D eigenvalue weighted by Crippen LogP contribution is -2.22. The fraction of sp³-hybridized carbons (Fsp3) is 0.538. The summed E-state index contributed by atoms with van der Waals surface area (Å²) in [7, 11) is 0. The van der Waals surface area contributed by atoms with Crippen LogP contribution in [0, 0.1) is 0 Å². The van der Waals surface area contributed by atoms with Gasteiger partial charge in [-0.3, -0.25) is 0 Å². The fourth-order valence-electron chi connectivity index (χ4n) is 6.33. The summed E-state index contributed by atoms with van der Waals surface area (Å²) >= 11 is 0. The second-order valence-electron chi connectivity index (χ2n) is 9.44. The molecule has 2 aliphatic carbocycles. The van der Waals surface area contributed by atoms with Crippen molar-refractivity contribution in [2.45, 2.75) is 90.9 Å². The lowest BCUT2D eigenvalue weighted by atomic mass is 9.71. The Balaban J connectivity index is 1.86.